The van der Waals surface area contributed by atoms with E-state index in [9.17, 15) is 13.6 Å². The summed E-state index contributed by atoms with van der Waals surface area (Å²) in [5, 5.41) is 5.44. The Morgan fingerprint density at radius 3 is 2.42 bits per heavy atom. The van der Waals surface area contributed by atoms with E-state index in [1.165, 1.54) is 24.5 Å². The van der Waals surface area contributed by atoms with Gasteiger partial charge in [0.25, 0.3) is 5.91 Å². The first kappa shape index (κ1) is 17.5. The molecule has 0 aliphatic rings. The van der Waals surface area contributed by atoms with Crippen LogP contribution in [0.3, 0.4) is 0 Å². The molecule has 0 saturated heterocycles. The fourth-order valence-corrected chi connectivity index (χ4v) is 2.54. The van der Waals surface area contributed by atoms with E-state index in [1.807, 2.05) is 32.0 Å². The summed E-state index contributed by atoms with van der Waals surface area (Å²) < 4.78 is 27.5. The first-order valence-corrected chi connectivity index (χ1v) is 7.99. The van der Waals surface area contributed by atoms with E-state index in [0.29, 0.717) is 11.4 Å². The highest BCUT2D eigenvalue weighted by atomic mass is 19.1. The van der Waals surface area contributed by atoms with Crippen LogP contribution in [0, 0.1) is 25.5 Å². The summed E-state index contributed by atoms with van der Waals surface area (Å²) in [5.41, 5.74) is 3.02. The number of para-hydroxylation sites is 1. The molecule has 1 aromatic heterocycles. The van der Waals surface area contributed by atoms with Gasteiger partial charge >= 0.3 is 0 Å². The first-order chi connectivity index (χ1) is 12.4. The number of amides is 1. The number of carbonyl (C=O) groups is 1. The number of carbonyl (C=O) groups excluding carboxylic acids is 1. The van der Waals surface area contributed by atoms with E-state index in [1.54, 1.807) is 0 Å². The normalized spacial score (nSPS) is 10.5. The van der Waals surface area contributed by atoms with Crippen LogP contribution >= 0.6 is 0 Å². The predicted molar refractivity (Wildman–Crippen MR) is 97.7 cm³/mol. The van der Waals surface area contributed by atoms with Crippen molar-refractivity contribution in [1.29, 1.82) is 0 Å². The van der Waals surface area contributed by atoms with E-state index in [2.05, 4.69) is 15.6 Å². The molecule has 0 bridgehead atoms. The molecule has 26 heavy (non-hydrogen) atoms. The highest BCUT2D eigenvalue weighted by molar-refractivity contribution is 6.05. The maximum Gasteiger partial charge on any atom is 0.257 e. The molecule has 0 spiro atoms. The van der Waals surface area contributed by atoms with Crippen LogP contribution in [0.1, 0.15) is 21.5 Å². The van der Waals surface area contributed by atoms with Crippen LogP contribution in [-0.2, 0) is 0 Å². The maximum absolute atomic E-state index is 13.8. The molecule has 0 saturated carbocycles. The van der Waals surface area contributed by atoms with Gasteiger partial charge in [-0.3, -0.25) is 9.78 Å². The van der Waals surface area contributed by atoms with Crippen LogP contribution in [0.5, 0.6) is 0 Å². The van der Waals surface area contributed by atoms with Gasteiger partial charge in [0.15, 0.2) is 0 Å². The van der Waals surface area contributed by atoms with E-state index in [-0.39, 0.29) is 17.2 Å². The largest absolute Gasteiger partial charge is 0.349 e. The third-order valence-corrected chi connectivity index (χ3v) is 3.86. The van der Waals surface area contributed by atoms with Gasteiger partial charge in [0.2, 0.25) is 0 Å². The lowest BCUT2D eigenvalue weighted by Gasteiger charge is -2.11. The minimum absolute atomic E-state index is 0.270. The Labute approximate surface area is 149 Å². The summed E-state index contributed by atoms with van der Waals surface area (Å²) in [6.45, 7) is 3.87. The number of nitrogens with one attached hydrogen (secondary N) is 2. The number of aryl methyl sites for hydroxylation is 2. The SMILES string of the molecule is Cc1ccc(NC(=O)c2cncc(Nc3c(F)cccc3F)c2)c(C)c1. The van der Waals surface area contributed by atoms with Crippen molar-refractivity contribution in [2.24, 2.45) is 0 Å². The van der Waals surface area contributed by atoms with Gasteiger partial charge in [-0.05, 0) is 43.7 Å². The molecule has 2 N–H and O–H groups in total. The summed E-state index contributed by atoms with van der Waals surface area (Å²) in [4.78, 5) is 16.4. The summed E-state index contributed by atoms with van der Waals surface area (Å²) in [7, 11) is 0. The fourth-order valence-electron chi connectivity index (χ4n) is 2.54. The highest BCUT2D eigenvalue weighted by Gasteiger charge is 2.12. The molecule has 1 heterocycles. The van der Waals surface area contributed by atoms with Crippen molar-refractivity contribution in [2.75, 3.05) is 10.6 Å². The third kappa shape index (κ3) is 3.85. The first-order valence-electron chi connectivity index (χ1n) is 7.99. The Morgan fingerprint density at radius 2 is 1.73 bits per heavy atom. The number of nitrogens with zero attached hydrogens (tertiary/aromatic N) is 1. The zero-order valence-corrected chi connectivity index (χ0v) is 14.3. The maximum atomic E-state index is 13.8. The predicted octanol–water partition coefficient (Wildman–Crippen LogP) is 4.97. The van der Waals surface area contributed by atoms with Gasteiger partial charge in [0.05, 0.1) is 17.4 Å². The second-order valence-electron chi connectivity index (χ2n) is 5.96. The Kier molecular flexibility index (Phi) is 4.93. The smallest absolute Gasteiger partial charge is 0.257 e. The molecular weight excluding hydrogens is 336 g/mol. The standard InChI is InChI=1S/C20H17F2N3O/c1-12-6-7-18(13(2)8-12)25-20(26)14-9-15(11-23-10-14)24-19-16(21)4-3-5-17(19)22/h3-11,24H,1-2H3,(H,25,26). The molecule has 4 nitrogen and oxygen atoms in total. The average Bonchev–Trinajstić information content (AvgIpc) is 2.61. The Hall–Kier alpha value is -3.28. The molecule has 132 valence electrons. The van der Waals surface area contributed by atoms with Crippen molar-refractivity contribution in [3.63, 3.8) is 0 Å². The number of anilines is 3. The zero-order chi connectivity index (χ0) is 18.7. The lowest BCUT2D eigenvalue weighted by molar-refractivity contribution is 0.102. The number of aromatic nitrogens is 1. The molecule has 6 heteroatoms. The van der Waals surface area contributed by atoms with Gasteiger partial charge in [-0.15, -0.1) is 0 Å². The Morgan fingerprint density at radius 1 is 1.00 bits per heavy atom. The molecule has 0 fully saturated rings. The van der Waals surface area contributed by atoms with Gasteiger partial charge < -0.3 is 10.6 Å². The quantitative estimate of drug-likeness (QED) is 0.696. The van der Waals surface area contributed by atoms with Crippen LogP contribution in [-0.4, -0.2) is 10.9 Å². The molecular formula is C20H17F2N3O. The van der Waals surface area contributed by atoms with Crippen molar-refractivity contribution in [2.45, 2.75) is 13.8 Å². The molecule has 2 aromatic carbocycles. The molecule has 0 unspecified atom stereocenters. The number of rotatable bonds is 4. The van der Waals surface area contributed by atoms with E-state index < -0.39 is 11.6 Å². The second kappa shape index (κ2) is 7.31. The Balaban J connectivity index is 1.81. The van der Waals surface area contributed by atoms with E-state index in [4.69, 9.17) is 0 Å². The summed E-state index contributed by atoms with van der Waals surface area (Å²) >= 11 is 0. The number of hydrogen-bond donors (Lipinski definition) is 2. The molecule has 1 amide bonds. The van der Waals surface area contributed by atoms with Gasteiger partial charge in [0.1, 0.15) is 17.3 Å². The zero-order valence-electron chi connectivity index (χ0n) is 14.3. The van der Waals surface area contributed by atoms with Crippen molar-refractivity contribution in [1.82, 2.24) is 4.98 Å². The second-order valence-corrected chi connectivity index (χ2v) is 5.96. The lowest BCUT2D eigenvalue weighted by Crippen LogP contribution is -2.13. The van der Waals surface area contributed by atoms with Crippen molar-refractivity contribution >= 4 is 23.0 Å². The molecule has 0 radical (unpaired) electrons. The summed E-state index contributed by atoms with van der Waals surface area (Å²) in [6.07, 6.45) is 2.78. The van der Waals surface area contributed by atoms with Crippen LogP contribution in [0.15, 0.2) is 54.9 Å². The topological polar surface area (TPSA) is 54.0 Å². The average molecular weight is 353 g/mol. The molecule has 3 rings (SSSR count). The monoisotopic (exact) mass is 353 g/mol. The molecule has 0 atom stereocenters. The van der Waals surface area contributed by atoms with Crippen LogP contribution in [0.2, 0.25) is 0 Å². The fraction of sp³-hybridized carbons (Fsp3) is 0.100. The molecule has 3 aromatic rings. The minimum Gasteiger partial charge on any atom is -0.349 e. The van der Waals surface area contributed by atoms with Crippen molar-refractivity contribution in [3.05, 3.63) is 83.2 Å². The third-order valence-electron chi connectivity index (χ3n) is 3.86. The number of halogens is 2. The van der Waals surface area contributed by atoms with Crippen LogP contribution in [0.4, 0.5) is 25.8 Å². The summed E-state index contributed by atoms with van der Waals surface area (Å²) in [5.74, 6) is -1.81. The highest BCUT2D eigenvalue weighted by Crippen LogP contribution is 2.23. The Bertz CT molecular complexity index is 953. The molecule has 0 aliphatic heterocycles. The minimum atomic E-state index is -0.727. The van der Waals surface area contributed by atoms with Crippen molar-refractivity contribution < 1.29 is 13.6 Å². The number of hydrogen-bond acceptors (Lipinski definition) is 3. The van der Waals surface area contributed by atoms with Crippen LogP contribution in [0.25, 0.3) is 0 Å². The lowest BCUT2D eigenvalue weighted by atomic mass is 10.1. The van der Waals surface area contributed by atoms with Gasteiger partial charge in [-0.25, -0.2) is 8.78 Å². The number of benzene rings is 2. The van der Waals surface area contributed by atoms with E-state index >= 15 is 0 Å². The van der Waals surface area contributed by atoms with Gasteiger partial charge in [-0.2, -0.15) is 0 Å². The van der Waals surface area contributed by atoms with Crippen molar-refractivity contribution in [3.8, 4) is 0 Å². The van der Waals surface area contributed by atoms with E-state index in [0.717, 1.165) is 23.3 Å². The number of pyridine rings is 1. The molecule has 0 aliphatic carbocycles. The van der Waals surface area contributed by atoms with Crippen LogP contribution < -0.4 is 10.6 Å². The van der Waals surface area contributed by atoms with Gasteiger partial charge in [-0.1, -0.05) is 23.8 Å². The summed E-state index contributed by atoms with van der Waals surface area (Å²) in [6, 6.07) is 10.8. The van der Waals surface area contributed by atoms with Gasteiger partial charge in [0, 0.05) is 11.9 Å².